The summed E-state index contributed by atoms with van der Waals surface area (Å²) in [7, 11) is 0. The van der Waals surface area contributed by atoms with Gasteiger partial charge < -0.3 is 5.32 Å². The van der Waals surface area contributed by atoms with Crippen LogP contribution in [-0.2, 0) is 10.2 Å². The molecule has 2 rings (SSSR count). The molecule has 0 aliphatic carbocycles. The number of carbonyl (C=O) groups excluding carboxylic acids is 1. The van der Waals surface area contributed by atoms with Crippen molar-refractivity contribution in [2.24, 2.45) is 0 Å². The summed E-state index contributed by atoms with van der Waals surface area (Å²) < 4.78 is 0. The largest absolute Gasteiger partial charge is 0.355 e. The highest BCUT2D eigenvalue weighted by Gasteiger charge is 2.37. The molecule has 1 saturated heterocycles. The first-order chi connectivity index (χ1) is 7.13. The molecular weight excluding hydrogens is 212 g/mol. The summed E-state index contributed by atoms with van der Waals surface area (Å²) in [6.07, 6.45) is 3.56. The van der Waals surface area contributed by atoms with Crippen molar-refractivity contribution in [1.82, 2.24) is 10.3 Å². The minimum atomic E-state index is -0.449. The minimum Gasteiger partial charge on any atom is -0.355 e. The van der Waals surface area contributed by atoms with Gasteiger partial charge in [-0.15, -0.1) is 0 Å². The fourth-order valence-corrected chi connectivity index (χ4v) is 2.04. The van der Waals surface area contributed by atoms with Crippen LogP contribution < -0.4 is 5.32 Å². The monoisotopic (exact) mass is 224 g/mol. The molecule has 1 aromatic heterocycles. The Balaban J connectivity index is 2.35. The summed E-state index contributed by atoms with van der Waals surface area (Å²) in [5.74, 6) is 0.0814. The van der Waals surface area contributed by atoms with Crippen molar-refractivity contribution >= 4 is 17.5 Å². The highest BCUT2D eigenvalue weighted by molar-refractivity contribution is 6.29. The second kappa shape index (κ2) is 3.81. The number of nitrogens with one attached hydrogen (secondary N) is 1. The van der Waals surface area contributed by atoms with Gasteiger partial charge in [0, 0.05) is 12.7 Å². The highest BCUT2D eigenvalue weighted by Crippen LogP contribution is 2.31. The molecule has 1 aliphatic heterocycles. The lowest BCUT2D eigenvalue weighted by Crippen LogP contribution is -2.47. The normalized spacial score (nSPS) is 26.1. The lowest BCUT2D eigenvalue weighted by molar-refractivity contribution is -0.128. The molecular formula is C11H13ClN2O. The Hall–Kier alpha value is -1.09. The molecule has 0 bridgehead atoms. The highest BCUT2D eigenvalue weighted by atomic mass is 35.5. The second-order valence-corrected chi connectivity index (χ2v) is 4.45. The van der Waals surface area contributed by atoms with Crippen LogP contribution in [0.4, 0.5) is 0 Å². The van der Waals surface area contributed by atoms with Gasteiger partial charge in [-0.3, -0.25) is 4.79 Å². The summed E-state index contributed by atoms with van der Waals surface area (Å²) in [5.41, 5.74) is 0.486. The van der Waals surface area contributed by atoms with Crippen LogP contribution >= 0.6 is 11.6 Å². The van der Waals surface area contributed by atoms with E-state index in [-0.39, 0.29) is 5.91 Å². The maximum absolute atomic E-state index is 11.8. The molecule has 1 amide bonds. The fraction of sp³-hybridized carbons (Fsp3) is 0.455. The topological polar surface area (TPSA) is 42.0 Å². The summed E-state index contributed by atoms with van der Waals surface area (Å²) >= 11 is 5.72. The third kappa shape index (κ3) is 1.84. The van der Waals surface area contributed by atoms with Crippen LogP contribution in [0.15, 0.2) is 18.3 Å². The SMILES string of the molecule is C[C@]1(c2ccc(Cl)nc2)CCCNC1=O. The molecule has 3 nitrogen and oxygen atoms in total. The van der Waals surface area contributed by atoms with Gasteiger partial charge in [-0.1, -0.05) is 17.7 Å². The summed E-state index contributed by atoms with van der Waals surface area (Å²) in [5, 5.41) is 3.34. The predicted molar refractivity (Wildman–Crippen MR) is 58.8 cm³/mol. The molecule has 1 fully saturated rings. The number of carbonyl (C=O) groups is 1. The van der Waals surface area contributed by atoms with Gasteiger partial charge >= 0.3 is 0 Å². The van der Waals surface area contributed by atoms with E-state index >= 15 is 0 Å². The Morgan fingerprint density at radius 3 is 2.93 bits per heavy atom. The molecule has 0 unspecified atom stereocenters. The molecule has 0 aromatic carbocycles. The van der Waals surface area contributed by atoms with E-state index in [4.69, 9.17) is 11.6 Å². The first kappa shape index (κ1) is 10.4. The van der Waals surface area contributed by atoms with Gasteiger partial charge in [-0.2, -0.15) is 0 Å². The van der Waals surface area contributed by atoms with Gasteiger partial charge in [0.25, 0.3) is 0 Å². The Morgan fingerprint density at radius 1 is 1.53 bits per heavy atom. The van der Waals surface area contributed by atoms with Crippen molar-refractivity contribution in [2.75, 3.05) is 6.54 Å². The smallest absolute Gasteiger partial charge is 0.230 e. The molecule has 80 valence electrons. The molecule has 1 N–H and O–H groups in total. The third-order valence-electron chi connectivity index (χ3n) is 3.00. The predicted octanol–water partition coefficient (Wildman–Crippen LogP) is 1.90. The zero-order valence-electron chi connectivity index (χ0n) is 8.59. The molecule has 0 spiro atoms. The average Bonchev–Trinajstić information content (AvgIpc) is 2.23. The molecule has 15 heavy (non-hydrogen) atoms. The molecule has 1 aromatic rings. The van der Waals surface area contributed by atoms with Gasteiger partial charge in [-0.05, 0) is 31.4 Å². The van der Waals surface area contributed by atoms with Crippen LogP contribution in [0.2, 0.25) is 5.15 Å². The van der Waals surface area contributed by atoms with Gasteiger partial charge in [0.1, 0.15) is 5.15 Å². The van der Waals surface area contributed by atoms with E-state index in [1.807, 2.05) is 13.0 Å². The Bertz CT molecular complexity index is 377. The van der Waals surface area contributed by atoms with Crippen molar-refractivity contribution in [3.05, 3.63) is 29.0 Å². The van der Waals surface area contributed by atoms with Crippen molar-refractivity contribution in [2.45, 2.75) is 25.2 Å². The number of piperidine rings is 1. The van der Waals surface area contributed by atoms with E-state index in [0.717, 1.165) is 24.9 Å². The van der Waals surface area contributed by atoms with Crippen LogP contribution in [0.3, 0.4) is 0 Å². The Labute approximate surface area is 93.8 Å². The molecule has 1 atom stereocenters. The van der Waals surface area contributed by atoms with Crippen LogP contribution in [-0.4, -0.2) is 17.4 Å². The molecule has 4 heteroatoms. The van der Waals surface area contributed by atoms with Crippen molar-refractivity contribution < 1.29 is 4.79 Å². The maximum Gasteiger partial charge on any atom is 0.230 e. The van der Waals surface area contributed by atoms with E-state index < -0.39 is 5.41 Å². The number of halogens is 1. The van der Waals surface area contributed by atoms with E-state index in [0.29, 0.717) is 5.15 Å². The summed E-state index contributed by atoms with van der Waals surface area (Å²) in [6.45, 7) is 2.72. The number of rotatable bonds is 1. The second-order valence-electron chi connectivity index (χ2n) is 4.06. The van der Waals surface area contributed by atoms with Crippen molar-refractivity contribution in [3.8, 4) is 0 Å². The number of pyridine rings is 1. The van der Waals surface area contributed by atoms with Crippen LogP contribution in [0.1, 0.15) is 25.3 Å². The molecule has 0 saturated carbocycles. The molecule has 1 aliphatic rings. The molecule has 0 radical (unpaired) electrons. The quantitative estimate of drug-likeness (QED) is 0.741. The standard InChI is InChI=1S/C11H13ClN2O/c1-11(5-2-6-13-10(11)15)8-3-4-9(12)14-7-8/h3-4,7H,2,5-6H2,1H3,(H,13,15)/t11-/m1/s1. The Morgan fingerprint density at radius 2 is 2.33 bits per heavy atom. The average molecular weight is 225 g/mol. The number of nitrogens with zero attached hydrogens (tertiary/aromatic N) is 1. The van der Waals surface area contributed by atoms with E-state index in [2.05, 4.69) is 10.3 Å². The van der Waals surface area contributed by atoms with Crippen molar-refractivity contribution in [1.29, 1.82) is 0 Å². The van der Waals surface area contributed by atoms with Gasteiger partial charge in [-0.25, -0.2) is 4.98 Å². The summed E-state index contributed by atoms with van der Waals surface area (Å²) in [6, 6.07) is 3.60. The van der Waals surface area contributed by atoms with E-state index in [1.165, 1.54) is 0 Å². The van der Waals surface area contributed by atoms with E-state index in [9.17, 15) is 4.79 Å². The molecule has 2 heterocycles. The first-order valence-corrected chi connectivity index (χ1v) is 5.41. The minimum absolute atomic E-state index is 0.0814. The van der Waals surface area contributed by atoms with Gasteiger partial charge in [0.05, 0.1) is 5.41 Å². The summed E-state index contributed by atoms with van der Waals surface area (Å²) in [4.78, 5) is 15.8. The number of hydrogen-bond acceptors (Lipinski definition) is 2. The van der Waals surface area contributed by atoms with Crippen molar-refractivity contribution in [3.63, 3.8) is 0 Å². The van der Waals surface area contributed by atoms with Crippen LogP contribution in [0.5, 0.6) is 0 Å². The third-order valence-corrected chi connectivity index (χ3v) is 3.23. The van der Waals surface area contributed by atoms with Crippen LogP contribution in [0.25, 0.3) is 0 Å². The number of hydrogen-bond donors (Lipinski definition) is 1. The number of aromatic nitrogens is 1. The van der Waals surface area contributed by atoms with Crippen LogP contribution in [0, 0.1) is 0 Å². The first-order valence-electron chi connectivity index (χ1n) is 5.03. The van der Waals surface area contributed by atoms with E-state index in [1.54, 1.807) is 12.3 Å². The zero-order valence-corrected chi connectivity index (χ0v) is 9.34. The Kier molecular flexibility index (Phi) is 2.65. The number of amides is 1. The van der Waals surface area contributed by atoms with Gasteiger partial charge in [0.15, 0.2) is 0 Å². The fourth-order valence-electron chi connectivity index (χ4n) is 1.93. The maximum atomic E-state index is 11.8. The van der Waals surface area contributed by atoms with Gasteiger partial charge in [0.2, 0.25) is 5.91 Å². The lowest BCUT2D eigenvalue weighted by Gasteiger charge is -2.32. The zero-order chi connectivity index (χ0) is 10.9. The lowest BCUT2D eigenvalue weighted by atomic mass is 9.76.